The summed E-state index contributed by atoms with van der Waals surface area (Å²) in [4.78, 5) is 12.4. The van der Waals surface area contributed by atoms with Crippen LogP contribution in [0.25, 0.3) is 10.8 Å². The Morgan fingerprint density at radius 2 is 1.95 bits per heavy atom. The lowest BCUT2D eigenvalue weighted by atomic mass is 9.84. The second-order valence-corrected chi connectivity index (χ2v) is 4.89. The van der Waals surface area contributed by atoms with Gasteiger partial charge >= 0.3 is 0 Å². The van der Waals surface area contributed by atoms with E-state index in [-0.39, 0.29) is 5.78 Å². The van der Waals surface area contributed by atoms with Crippen LogP contribution in [0.5, 0.6) is 5.75 Å². The fourth-order valence-electron chi connectivity index (χ4n) is 2.78. The molecule has 0 radical (unpaired) electrons. The first kappa shape index (κ1) is 12.7. The van der Waals surface area contributed by atoms with E-state index in [9.17, 15) is 4.79 Å². The Hall–Kier alpha value is -2.29. The van der Waals surface area contributed by atoms with Crippen LogP contribution in [0.2, 0.25) is 0 Å². The van der Waals surface area contributed by atoms with Gasteiger partial charge in [0, 0.05) is 11.1 Å². The Morgan fingerprint density at radius 3 is 2.70 bits per heavy atom. The Kier molecular flexibility index (Phi) is 3.18. The molecule has 0 saturated carbocycles. The topological polar surface area (TPSA) is 35.5 Å². The molecule has 2 aromatic carbocycles. The first-order valence-corrected chi connectivity index (χ1v) is 6.60. The monoisotopic (exact) mass is 268 g/mol. The van der Waals surface area contributed by atoms with Gasteiger partial charge in [0.1, 0.15) is 5.75 Å². The molecule has 0 fully saturated rings. The van der Waals surface area contributed by atoms with Crippen LogP contribution in [-0.2, 0) is 11.2 Å². The van der Waals surface area contributed by atoms with Gasteiger partial charge in [0.2, 0.25) is 0 Å². The molecule has 1 aliphatic rings. The van der Waals surface area contributed by atoms with Crippen LogP contribution in [0.3, 0.4) is 0 Å². The highest BCUT2D eigenvalue weighted by molar-refractivity contribution is 6.13. The Morgan fingerprint density at radius 1 is 1.10 bits per heavy atom. The van der Waals surface area contributed by atoms with E-state index in [2.05, 4.69) is 0 Å². The van der Waals surface area contributed by atoms with Crippen molar-refractivity contribution in [2.45, 2.75) is 12.8 Å². The summed E-state index contributed by atoms with van der Waals surface area (Å²) in [6.45, 7) is 0. The minimum atomic E-state index is 0.0748. The van der Waals surface area contributed by atoms with Gasteiger partial charge < -0.3 is 9.47 Å². The van der Waals surface area contributed by atoms with Crippen LogP contribution >= 0.6 is 0 Å². The molecule has 20 heavy (non-hydrogen) atoms. The number of ketones is 1. The average molecular weight is 268 g/mol. The van der Waals surface area contributed by atoms with E-state index in [1.807, 2.05) is 30.3 Å². The van der Waals surface area contributed by atoms with E-state index in [0.29, 0.717) is 0 Å². The SMILES string of the molecule is COC=C1CCc2c(ccc3cc(OC)ccc23)C1=O. The average Bonchev–Trinajstić information content (AvgIpc) is 2.49. The lowest BCUT2D eigenvalue weighted by Crippen LogP contribution is -2.14. The van der Waals surface area contributed by atoms with E-state index in [4.69, 9.17) is 9.47 Å². The summed E-state index contributed by atoms with van der Waals surface area (Å²) in [5.41, 5.74) is 2.66. The van der Waals surface area contributed by atoms with E-state index in [1.165, 1.54) is 0 Å². The summed E-state index contributed by atoms with van der Waals surface area (Å²) in [6, 6.07) is 9.85. The summed E-state index contributed by atoms with van der Waals surface area (Å²) >= 11 is 0. The van der Waals surface area contributed by atoms with Gasteiger partial charge in [-0.15, -0.1) is 0 Å². The number of ether oxygens (including phenoxy) is 2. The van der Waals surface area contributed by atoms with Crippen molar-refractivity contribution in [3.63, 3.8) is 0 Å². The number of hydrogen-bond donors (Lipinski definition) is 0. The minimum absolute atomic E-state index is 0.0748. The molecule has 0 amide bonds. The van der Waals surface area contributed by atoms with Crippen molar-refractivity contribution >= 4 is 16.6 Å². The molecule has 0 spiro atoms. The van der Waals surface area contributed by atoms with Gasteiger partial charge in [-0.05, 0) is 41.3 Å². The summed E-state index contributed by atoms with van der Waals surface area (Å²) in [6.07, 6.45) is 3.15. The first-order chi connectivity index (χ1) is 9.74. The number of rotatable bonds is 2. The highest BCUT2D eigenvalue weighted by Gasteiger charge is 2.23. The van der Waals surface area contributed by atoms with Crippen molar-refractivity contribution in [3.8, 4) is 5.75 Å². The number of benzene rings is 2. The van der Waals surface area contributed by atoms with Gasteiger partial charge in [0.25, 0.3) is 0 Å². The molecule has 0 heterocycles. The van der Waals surface area contributed by atoms with Crippen molar-refractivity contribution in [1.82, 2.24) is 0 Å². The van der Waals surface area contributed by atoms with Gasteiger partial charge in [-0.1, -0.05) is 18.2 Å². The van der Waals surface area contributed by atoms with E-state index in [1.54, 1.807) is 20.5 Å². The predicted octanol–water partition coefficient (Wildman–Crippen LogP) is 3.51. The Bertz CT molecular complexity index is 713. The molecule has 0 unspecified atom stereocenters. The van der Waals surface area contributed by atoms with Crippen LogP contribution < -0.4 is 4.74 Å². The number of carbonyl (C=O) groups excluding carboxylic acids is 1. The zero-order valence-corrected chi connectivity index (χ0v) is 11.6. The van der Waals surface area contributed by atoms with Crippen molar-refractivity contribution in [1.29, 1.82) is 0 Å². The third-order valence-corrected chi connectivity index (χ3v) is 3.78. The Balaban J connectivity index is 2.16. The van der Waals surface area contributed by atoms with Crippen LogP contribution in [-0.4, -0.2) is 20.0 Å². The molecule has 3 nitrogen and oxygen atoms in total. The molecule has 2 aromatic rings. The molecular weight excluding hydrogens is 252 g/mol. The fraction of sp³-hybridized carbons (Fsp3) is 0.235. The maximum absolute atomic E-state index is 12.4. The maximum atomic E-state index is 12.4. The molecule has 3 rings (SSSR count). The van der Waals surface area contributed by atoms with Crippen molar-refractivity contribution in [2.24, 2.45) is 0 Å². The number of allylic oxidation sites excluding steroid dienone is 1. The predicted molar refractivity (Wildman–Crippen MR) is 78.2 cm³/mol. The standard InChI is InChI=1S/C17H16O3/c1-19-10-12-4-6-15-14-8-5-13(20-2)9-11(14)3-7-16(15)17(12)18/h3,5,7-10H,4,6H2,1-2H3. The Labute approximate surface area is 117 Å². The fourth-order valence-corrected chi connectivity index (χ4v) is 2.78. The lowest BCUT2D eigenvalue weighted by molar-refractivity contribution is 0.102. The summed E-state index contributed by atoms with van der Waals surface area (Å²) in [7, 11) is 3.23. The molecule has 1 aliphatic carbocycles. The third kappa shape index (κ3) is 1.95. The summed E-state index contributed by atoms with van der Waals surface area (Å²) < 4.78 is 10.2. The van der Waals surface area contributed by atoms with E-state index in [0.717, 1.165) is 46.1 Å². The second kappa shape index (κ2) is 5.00. The molecule has 0 saturated heterocycles. The smallest absolute Gasteiger partial charge is 0.192 e. The molecule has 0 N–H and O–H groups in total. The van der Waals surface area contributed by atoms with E-state index < -0.39 is 0 Å². The van der Waals surface area contributed by atoms with Crippen LogP contribution in [0.1, 0.15) is 22.3 Å². The third-order valence-electron chi connectivity index (χ3n) is 3.78. The number of aryl methyl sites for hydroxylation is 1. The quantitative estimate of drug-likeness (QED) is 0.617. The van der Waals surface area contributed by atoms with Crippen LogP contribution in [0, 0.1) is 0 Å². The summed E-state index contributed by atoms with van der Waals surface area (Å²) in [5.74, 6) is 0.908. The normalized spacial score (nSPS) is 16.3. The zero-order chi connectivity index (χ0) is 14.1. The van der Waals surface area contributed by atoms with Gasteiger partial charge in [-0.3, -0.25) is 4.79 Å². The van der Waals surface area contributed by atoms with Crippen LogP contribution in [0.15, 0.2) is 42.2 Å². The molecule has 0 aromatic heterocycles. The molecule has 102 valence electrons. The largest absolute Gasteiger partial charge is 0.504 e. The van der Waals surface area contributed by atoms with Crippen molar-refractivity contribution < 1.29 is 14.3 Å². The van der Waals surface area contributed by atoms with Gasteiger partial charge in [-0.25, -0.2) is 0 Å². The lowest BCUT2D eigenvalue weighted by Gasteiger charge is -2.19. The molecular formula is C17H16O3. The molecule has 0 aliphatic heterocycles. The van der Waals surface area contributed by atoms with Gasteiger partial charge in [-0.2, -0.15) is 0 Å². The zero-order valence-electron chi connectivity index (χ0n) is 11.6. The first-order valence-electron chi connectivity index (χ1n) is 6.60. The molecule has 3 heteroatoms. The number of fused-ring (bicyclic) bond motifs is 3. The molecule has 0 atom stereocenters. The van der Waals surface area contributed by atoms with Gasteiger partial charge in [0.15, 0.2) is 5.78 Å². The number of hydrogen-bond acceptors (Lipinski definition) is 3. The number of methoxy groups -OCH3 is 2. The minimum Gasteiger partial charge on any atom is -0.504 e. The molecule has 0 bridgehead atoms. The van der Waals surface area contributed by atoms with E-state index >= 15 is 0 Å². The highest BCUT2D eigenvalue weighted by atomic mass is 16.5. The number of Topliss-reactive ketones (excluding diaryl/α,β-unsaturated/α-hetero) is 1. The van der Waals surface area contributed by atoms with Crippen molar-refractivity contribution in [2.75, 3.05) is 14.2 Å². The summed E-state index contributed by atoms with van der Waals surface area (Å²) in [5, 5.41) is 2.24. The maximum Gasteiger partial charge on any atom is 0.192 e. The van der Waals surface area contributed by atoms with Gasteiger partial charge in [0.05, 0.1) is 20.5 Å². The number of carbonyl (C=O) groups is 1. The van der Waals surface area contributed by atoms with Crippen molar-refractivity contribution in [3.05, 3.63) is 53.3 Å². The second-order valence-electron chi connectivity index (χ2n) is 4.89. The highest BCUT2D eigenvalue weighted by Crippen LogP contribution is 2.32. The van der Waals surface area contributed by atoms with Crippen LogP contribution in [0.4, 0.5) is 0 Å².